The number of thioether (sulfide) groups is 1. The molecule has 3 aromatic rings. The first-order valence-electron chi connectivity index (χ1n) is 12.3. The van der Waals surface area contributed by atoms with Crippen LogP contribution in [0.2, 0.25) is 0 Å². The first-order valence-corrected chi connectivity index (χ1v) is 14.1. The number of hydrogen-bond acceptors (Lipinski definition) is 7. The molecule has 0 atom stereocenters. The highest BCUT2D eigenvalue weighted by molar-refractivity contribution is 7.99. The van der Waals surface area contributed by atoms with E-state index < -0.39 is 5.97 Å². The van der Waals surface area contributed by atoms with Crippen molar-refractivity contribution in [2.24, 2.45) is 0 Å². The summed E-state index contributed by atoms with van der Waals surface area (Å²) in [6, 6.07) is 9.72. The Kier molecular flexibility index (Phi) is 8.98. The van der Waals surface area contributed by atoms with Crippen molar-refractivity contribution in [2.75, 3.05) is 12.4 Å². The number of aromatic nitrogens is 2. The molecule has 0 saturated carbocycles. The summed E-state index contributed by atoms with van der Waals surface area (Å²) >= 11 is 2.42. The van der Waals surface area contributed by atoms with Crippen molar-refractivity contribution < 1.29 is 14.3 Å². The van der Waals surface area contributed by atoms with Crippen molar-refractivity contribution in [1.82, 2.24) is 14.9 Å². The first-order chi connectivity index (χ1) is 17.5. The number of aryl methyl sites for hydroxylation is 1. The minimum absolute atomic E-state index is 0.130. The predicted molar refractivity (Wildman–Crippen MR) is 145 cm³/mol. The number of ether oxygens (including phenoxy) is 1. The Morgan fingerprint density at radius 2 is 2.03 bits per heavy atom. The molecule has 0 aliphatic heterocycles. The molecule has 7 nitrogen and oxygen atoms in total. The van der Waals surface area contributed by atoms with E-state index in [1.165, 1.54) is 41.5 Å². The van der Waals surface area contributed by atoms with E-state index in [4.69, 9.17) is 9.72 Å². The van der Waals surface area contributed by atoms with E-state index in [9.17, 15) is 14.4 Å². The lowest BCUT2D eigenvalue weighted by Crippen LogP contribution is -2.27. The third kappa shape index (κ3) is 6.25. The third-order valence-corrected chi connectivity index (χ3v) is 8.32. The van der Waals surface area contributed by atoms with Crippen LogP contribution < -0.4 is 10.9 Å². The molecule has 0 fully saturated rings. The molecular formula is C27H31N3O4S2. The monoisotopic (exact) mass is 525 g/mol. The molecule has 0 unspecified atom stereocenters. The van der Waals surface area contributed by atoms with Crippen molar-refractivity contribution in [1.29, 1.82) is 0 Å². The lowest BCUT2D eigenvalue weighted by molar-refractivity contribution is -0.118. The maximum Gasteiger partial charge on any atom is 0.348 e. The second-order valence-corrected chi connectivity index (χ2v) is 10.7. The van der Waals surface area contributed by atoms with Gasteiger partial charge in [-0.3, -0.25) is 14.2 Å². The number of allylic oxidation sites excluding steroid dienone is 2. The second-order valence-electron chi connectivity index (χ2n) is 8.72. The fraction of sp³-hybridized carbons (Fsp3) is 0.407. The van der Waals surface area contributed by atoms with E-state index in [2.05, 4.69) is 11.4 Å². The van der Waals surface area contributed by atoms with Gasteiger partial charge >= 0.3 is 5.97 Å². The predicted octanol–water partition coefficient (Wildman–Crippen LogP) is 5.24. The number of esters is 1. The van der Waals surface area contributed by atoms with Gasteiger partial charge in [-0.05, 0) is 57.1 Å². The number of fused-ring (bicyclic) bond motifs is 1. The molecule has 0 bridgehead atoms. The second kappa shape index (κ2) is 12.4. The minimum Gasteiger partial charge on any atom is -0.462 e. The number of amides is 1. The van der Waals surface area contributed by atoms with Crippen LogP contribution in [-0.2, 0) is 22.6 Å². The summed E-state index contributed by atoms with van der Waals surface area (Å²) in [7, 11) is 0. The Hall–Kier alpha value is -2.91. The molecule has 2 heterocycles. The van der Waals surface area contributed by atoms with E-state index in [1.54, 1.807) is 18.4 Å². The molecule has 36 heavy (non-hydrogen) atoms. The molecule has 2 aromatic heterocycles. The van der Waals surface area contributed by atoms with Crippen LogP contribution in [0.4, 0.5) is 0 Å². The molecule has 0 saturated heterocycles. The highest BCUT2D eigenvalue weighted by Gasteiger charge is 2.23. The molecule has 4 rings (SSSR count). The zero-order valence-corrected chi connectivity index (χ0v) is 22.3. The molecule has 1 amide bonds. The molecular weight excluding hydrogens is 494 g/mol. The summed E-state index contributed by atoms with van der Waals surface area (Å²) in [5.41, 5.74) is 2.81. The van der Waals surface area contributed by atoms with Crippen LogP contribution in [0.25, 0.3) is 10.2 Å². The van der Waals surface area contributed by atoms with Gasteiger partial charge < -0.3 is 10.1 Å². The lowest BCUT2D eigenvalue weighted by atomic mass is 9.97. The van der Waals surface area contributed by atoms with Gasteiger partial charge in [-0.1, -0.05) is 53.7 Å². The van der Waals surface area contributed by atoms with Crippen molar-refractivity contribution >= 4 is 45.2 Å². The van der Waals surface area contributed by atoms with Gasteiger partial charge in [-0.25, -0.2) is 9.78 Å². The van der Waals surface area contributed by atoms with Gasteiger partial charge in [-0.2, -0.15) is 0 Å². The summed E-state index contributed by atoms with van der Waals surface area (Å²) in [6.07, 6.45) is 7.57. The Morgan fingerprint density at radius 3 is 2.75 bits per heavy atom. The van der Waals surface area contributed by atoms with Crippen LogP contribution in [0.15, 0.2) is 51.9 Å². The topological polar surface area (TPSA) is 90.3 Å². The molecule has 1 aliphatic rings. The highest BCUT2D eigenvalue weighted by atomic mass is 32.2. The number of hydrogen-bond donors (Lipinski definition) is 1. The average Bonchev–Trinajstić information content (AvgIpc) is 3.23. The van der Waals surface area contributed by atoms with Gasteiger partial charge in [0.15, 0.2) is 5.16 Å². The van der Waals surface area contributed by atoms with E-state index in [1.807, 2.05) is 30.3 Å². The number of carbonyl (C=O) groups excluding carboxylic acids is 2. The maximum atomic E-state index is 13.6. The van der Waals surface area contributed by atoms with E-state index in [-0.39, 0.29) is 23.8 Å². The Balaban J connectivity index is 1.59. The number of nitrogens with one attached hydrogen (secondary N) is 1. The number of benzene rings is 1. The average molecular weight is 526 g/mol. The number of thiophene rings is 1. The van der Waals surface area contributed by atoms with Crippen LogP contribution in [0.3, 0.4) is 0 Å². The summed E-state index contributed by atoms with van der Waals surface area (Å²) < 4.78 is 6.85. The SMILES string of the molecule is CCOC(=O)c1sc2nc(SCC(=O)NCc3ccccc3)n(CCC3=CCCCC3)c(=O)c2c1C. The van der Waals surface area contributed by atoms with Gasteiger partial charge in [-0.15, -0.1) is 11.3 Å². The molecule has 1 aliphatic carbocycles. The molecule has 0 radical (unpaired) electrons. The van der Waals surface area contributed by atoms with E-state index in [0.29, 0.717) is 38.9 Å². The van der Waals surface area contributed by atoms with Crippen LogP contribution in [0, 0.1) is 6.92 Å². The normalized spacial score (nSPS) is 13.4. The fourth-order valence-electron chi connectivity index (χ4n) is 4.26. The van der Waals surface area contributed by atoms with Crippen LogP contribution in [0.5, 0.6) is 0 Å². The highest BCUT2D eigenvalue weighted by Crippen LogP contribution is 2.30. The van der Waals surface area contributed by atoms with Crippen molar-refractivity contribution in [3.63, 3.8) is 0 Å². The van der Waals surface area contributed by atoms with Crippen LogP contribution in [-0.4, -0.2) is 33.8 Å². The standard InChI is InChI=1S/C27H31N3O4S2/c1-3-34-26(33)23-18(2)22-24(36-23)29-27(30(25(22)32)15-14-19-10-6-4-7-11-19)35-17-21(31)28-16-20-12-8-5-9-13-20/h5,8-10,12-13H,3-4,6-7,11,14-17H2,1-2H3,(H,28,31). The largest absolute Gasteiger partial charge is 0.462 e. The zero-order valence-electron chi connectivity index (χ0n) is 20.7. The number of nitrogens with zero attached hydrogens (tertiary/aromatic N) is 2. The van der Waals surface area contributed by atoms with Gasteiger partial charge in [0.25, 0.3) is 5.56 Å². The molecule has 0 spiro atoms. The Labute approximate surface area is 219 Å². The lowest BCUT2D eigenvalue weighted by Gasteiger charge is -2.16. The number of carbonyl (C=O) groups is 2. The summed E-state index contributed by atoms with van der Waals surface area (Å²) in [4.78, 5) is 44.3. The smallest absolute Gasteiger partial charge is 0.348 e. The summed E-state index contributed by atoms with van der Waals surface area (Å²) in [5, 5.41) is 3.88. The van der Waals surface area contributed by atoms with Crippen molar-refractivity contribution in [3.8, 4) is 0 Å². The molecule has 1 aromatic carbocycles. The Morgan fingerprint density at radius 1 is 1.22 bits per heavy atom. The van der Waals surface area contributed by atoms with E-state index >= 15 is 0 Å². The van der Waals surface area contributed by atoms with E-state index in [0.717, 1.165) is 24.8 Å². The number of rotatable bonds is 10. The third-order valence-electron chi connectivity index (χ3n) is 6.18. The van der Waals surface area contributed by atoms with Gasteiger partial charge in [0.05, 0.1) is 17.7 Å². The summed E-state index contributed by atoms with van der Waals surface area (Å²) in [6.45, 7) is 4.72. The van der Waals surface area contributed by atoms with Gasteiger partial charge in [0.1, 0.15) is 9.71 Å². The van der Waals surface area contributed by atoms with Crippen LogP contribution >= 0.6 is 23.1 Å². The molecule has 1 N–H and O–H groups in total. The zero-order chi connectivity index (χ0) is 25.5. The van der Waals surface area contributed by atoms with Crippen LogP contribution in [0.1, 0.15) is 59.8 Å². The van der Waals surface area contributed by atoms with Crippen molar-refractivity contribution in [3.05, 3.63) is 68.3 Å². The maximum absolute atomic E-state index is 13.6. The fourth-order valence-corrected chi connectivity index (χ4v) is 6.23. The Bertz CT molecular complexity index is 1330. The first kappa shape index (κ1) is 26.2. The summed E-state index contributed by atoms with van der Waals surface area (Å²) in [5.74, 6) is -0.428. The van der Waals surface area contributed by atoms with Gasteiger partial charge in [0, 0.05) is 13.1 Å². The van der Waals surface area contributed by atoms with Crippen molar-refractivity contribution in [2.45, 2.75) is 64.2 Å². The molecule has 190 valence electrons. The van der Waals surface area contributed by atoms with Gasteiger partial charge in [0.2, 0.25) is 5.91 Å². The quantitative estimate of drug-likeness (QED) is 0.168. The molecule has 9 heteroatoms. The minimum atomic E-state index is -0.439.